The summed E-state index contributed by atoms with van der Waals surface area (Å²) in [5, 5.41) is 3.50. The Labute approximate surface area is 88.4 Å². The van der Waals surface area contributed by atoms with Gasteiger partial charge in [0.05, 0.1) is 6.61 Å². The standard InChI is InChI=1S/C12H25NO/c1-3-11-6-4-5-7-12(11)10-13-8-9-14-2/h11-13H,3-10H2,1-2H3. The molecule has 0 aromatic carbocycles. The van der Waals surface area contributed by atoms with Crippen LogP contribution in [0.25, 0.3) is 0 Å². The summed E-state index contributed by atoms with van der Waals surface area (Å²) in [6.07, 6.45) is 7.13. The van der Waals surface area contributed by atoms with Crippen molar-refractivity contribution in [3.05, 3.63) is 0 Å². The van der Waals surface area contributed by atoms with Crippen LogP contribution in [0.3, 0.4) is 0 Å². The van der Waals surface area contributed by atoms with E-state index in [1.54, 1.807) is 7.11 Å². The van der Waals surface area contributed by atoms with E-state index in [4.69, 9.17) is 4.74 Å². The maximum Gasteiger partial charge on any atom is 0.0587 e. The van der Waals surface area contributed by atoms with Crippen LogP contribution in [0.4, 0.5) is 0 Å². The molecule has 1 fully saturated rings. The Hall–Kier alpha value is -0.0800. The first-order valence-electron chi connectivity index (χ1n) is 6.08. The molecule has 2 heteroatoms. The Morgan fingerprint density at radius 2 is 1.93 bits per heavy atom. The van der Waals surface area contributed by atoms with Crippen molar-refractivity contribution in [2.45, 2.75) is 39.0 Å². The van der Waals surface area contributed by atoms with Gasteiger partial charge in [0.15, 0.2) is 0 Å². The van der Waals surface area contributed by atoms with Gasteiger partial charge in [-0.05, 0) is 24.8 Å². The average molecular weight is 199 g/mol. The number of ether oxygens (including phenoxy) is 1. The molecular weight excluding hydrogens is 174 g/mol. The summed E-state index contributed by atoms with van der Waals surface area (Å²) in [5.41, 5.74) is 0. The second-order valence-corrected chi connectivity index (χ2v) is 4.41. The highest BCUT2D eigenvalue weighted by atomic mass is 16.5. The molecule has 2 nitrogen and oxygen atoms in total. The molecule has 0 spiro atoms. The van der Waals surface area contributed by atoms with Gasteiger partial charge < -0.3 is 10.1 Å². The Morgan fingerprint density at radius 1 is 1.21 bits per heavy atom. The van der Waals surface area contributed by atoms with Crippen LogP contribution in [0.1, 0.15) is 39.0 Å². The van der Waals surface area contributed by atoms with Gasteiger partial charge in [-0.25, -0.2) is 0 Å². The molecule has 0 radical (unpaired) electrons. The molecule has 14 heavy (non-hydrogen) atoms. The van der Waals surface area contributed by atoms with Crippen LogP contribution < -0.4 is 5.32 Å². The molecule has 1 saturated carbocycles. The first kappa shape index (κ1) is 12.0. The smallest absolute Gasteiger partial charge is 0.0587 e. The van der Waals surface area contributed by atoms with Gasteiger partial charge in [-0.3, -0.25) is 0 Å². The number of nitrogens with one attached hydrogen (secondary N) is 1. The van der Waals surface area contributed by atoms with Gasteiger partial charge in [-0.2, -0.15) is 0 Å². The predicted octanol–water partition coefficient (Wildman–Crippen LogP) is 2.44. The Morgan fingerprint density at radius 3 is 2.57 bits per heavy atom. The Kier molecular flexibility index (Phi) is 6.20. The summed E-state index contributed by atoms with van der Waals surface area (Å²) in [6, 6.07) is 0. The van der Waals surface area contributed by atoms with Crippen molar-refractivity contribution in [1.29, 1.82) is 0 Å². The topological polar surface area (TPSA) is 21.3 Å². The van der Waals surface area contributed by atoms with Gasteiger partial charge in [-0.1, -0.05) is 32.6 Å². The highest BCUT2D eigenvalue weighted by Gasteiger charge is 2.22. The van der Waals surface area contributed by atoms with Crippen molar-refractivity contribution in [2.75, 3.05) is 26.8 Å². The fraction of sp³-hybridized carbons (Fsp3) is 1.00. The van der Waals surface area contributed by atoms with Crippen molar-refractivity contribution < 1.29 is 4.74 Å². The lowest BCUT2D eigenvalue weighted by Crippen LogP contribution is -2.32. The molecule has 0 saturated heterocycles. The first-order valence-corrected chi connectivity index (χ1v) is 6.08. The maximum absolute atomic E-state index is 5.02. The molecule has 1 rings (SSSR count). The van der Waals surface area contributed by atoms with Gasteiger partial charge >= 0.3 is 0 Å². The molecule has 2 unspecified atom stereocenters. The zero-order valence-electron chi connectivity index (χ0n) is 9.72. The third-order valence-corrected chi connectivity index (χ3v) is 3.48. The van der Waals surface area contributed by atoms with Gasteiger partial charge in [0.1, 0.15) is 0 Å². The van der Waals surface area contributed by atoms with Crippen LogP contribution in [0, 0.1) is 11.8 Å². The summed E-state index contributed by atoms with van der Waals surface area (Å²) in [4.78, 5) is 0. The van der Waals surface area contributed by atoms with Crippen molar-refractivity contribution in [3.63, 3.8) is 0 Å². The SMILES string of the molecule is CCC1CCCCC1CNCCOC. The molecule has 0 aromatic rings. The van der Waals surface area contributed by atoms with Crippen LogP contribution in [-0.4, -0.2) is 26.8 Å². The van der Waals surface area contributed by atoms with Crippen molar-refractivity contribution in [3.8, 4) is 0 Å². The molecule has 0 aromatic heterocycles. The minimum Gasteiger partial charge on any atom is -0.383 e. The van der Waals surface area contributed by atoms with Crippen molar-refractivity contribution in [2.24, 2.45) is 11.8 Å². The average Bonchev–Trinajstić information content (AvgIpc) is 2.25. The van der Waals surface area contributed by atoms with Crippen molar-refractivity contribution >= 4 is 0 Å². The quantitative estimate of drug-likeness (QED) is 0.663. The molecule has 84 valence electrons. The maximum atomic E-state index is 5.02. The number of hydrogen-bond donors (Lipinski definition) is 1. The Balaban J connectivity index is 2.13. The van der Waals surface area contributed by atoms with E-state index in [9.17, 15) is 0 Å². The van der Waals surface area contributed by atoms with Gasteiger partial charge in [0, 0.05) is 13.7 Å². The van der Waals surface area contributed by atoms with Crippen molar-refractivity contribution in [1.82, 2.24) is 5.32 Å². The molecule has 0 bridgehead atoms. The summed E-state index contributed by atoms with van der Waals surface area (Å²) < 4.78 is 5.02. The molecular formula is C12H25NO. The van der Waals surface area contributed by atoms with E-state index in [0.717, 1.165) is 25.0 Å². The summed E-state index contributed by atoms with van der Waals surface area (Å²) in [5.74, 6) is 1.89. The molecule has 1 aliphatic carbocycles. The molecule has 2 atom stereocenters. The lowest BCUT2D eigenvalue weighted by molar-refractivity contribution is 0.186. The number of methoxy groups -OCH3 is 1. The second kappa shape index (κ2) is 7.24. The monoisotopic (exact) mass is 199 g/mol. The van der Waals surface area contributed by atoms with Crippen LogP contribution in [0.5, 0.6) is 0 Å². The summed E-state index contributed by atoms with van der Waals surface area (Å²) in [6.45, 7) is 5.37. The first-order chi connectivity index (χ1) is 6.88. The fourth-order valence-corrected chi connectivity index (χ4v) is 2.55. The normalized spacial score (nSPS) is 27.9. The van der Waals surface area contributed by atoms with Gasteiger partial charge in [0.2, 0.25) is 0 Å². The third-order valence-electron chi connectivity index (χ3n) is 3.48. The lowest BCUT2D eigenvalue weighted by atomic mass is 9.78. The number of rotatable bonds is 6. The lowest BCUT2D eigenvalue weighted by Gasteiger charge is -2.31. The van der Waals surface area contributed by atoms with E-state index >= 15 is 0 Å². The van der Waals surface area contributed by atoms with E-state index < -0.39 is 0 Å². The van der Waals surface area contributed by atoms with E-state index in [1.807, 2.05) is 0 Å². The minimum atomic E-state index is 0.837. The van der Waals surface area contributed by atoms with E-state index in [1.165, 1.54) is 38.6 Å². The van der Waals surface area contributed by atoms with Crippen LogP contribution in [0.15, 0.2) is 0 Å². The molecule has 1 aliphatic rings. The predicted molar refractivity (Wildman–Crippen MR) is 60.5 cm³/mol. The summed E-state index contributed by atoms with van der Waals surface area (Å²) in [7, 11) is 1.76. The van der Waals surface area contributed by atoms with Gasteiger partial charge in [0.25, 0.3) is 0 Å². The zero-order chi connectivity index (χ0) is 10.2. The largest absolute Gasteiger partial charge is 0.383 e. The van der Waals surface area contributed by atoms with Gasteiger partial charge in [-0.15, -0.1) is 0 Å². The Bertz CT molecular complexity index is 138. The highest BCUT2D eigenvalue weighted by Crippen LogP contribution is 2.31. The van der Waals surface area contributed by atoms with Crippen LogP contribution >= 0.6 is 0 Å². The third kappa shape index (κ3) is 3.97. The van der Waals surface area contributed by atoms with E-state index in [0.29, 0.717) is 0 Å². The number of hydrogen-bond acceptors (Lipinski definition) is 2. The highest BCUT2D eigenvalue weighted by molar-refractivity contribution is 4.76. The minimum absolute atomic E-state index is 0.837. The fourth-order valence-electron chi connectivity index (χ4n) is 2.55. The van der Waals surface area contributed by atoms with E-state index in [2.05, 4.69) is 12.2 Å². The molecule has 0 aliphatic heterocycles. The molecule has 0 amide bonds. The summed E-state index contributed by atoms with van der Waals surface area (Å²) >= 11 is 0. The zero-order valence-corrected chi connectivity index (χ0v) is 9.72. The molecule has 1 N–H and O–H groups in total. The van der Waals surface area contributed by atoms with Crippen LogP contribution in [-0.2, 0) is 4.74 Å². The second-order valence-electron chi connectivity index (χ2n) is 4.41. The van der Waals surface area contributed by atoms with Crippen LogP contribution in [0.2, 0.25) is 0 Å². The molecule has 0 heterocycles. The van der Waals surface area contributed by atoms with E-state index in [-0.39, 0.29) is 0 Å².